The first-order chi connectivity index (χ1) is 5.95. The van der Waals surface area contributed by atoms with Crippen LogP contribution in [0.3, 0.4) is 0 Å². The van der Waals surface area contributed by atoms with Crippen molar-refractivity contribution in [2.45, 2.75) is 11.6 Å². The Labute approximate surface area is 75.9 Å². The standard InChI is InChI=1S/C8H12N2OS/c1-2-9-5-7(1)6-12-8-10-3-4-11-8/h3-4,7,9H,1-2,5-6H2. The molecule has 1 atom stereocenters. The molecule has 12 heavy (non-hydrogen) atoms. The molecule has 2 heterocycles. The first kappa shape index (κ1) is 8.13. The number of oxazole rings is 1. The van der Waals surface area contributed by atoms with E-state index in [1.54, 1.807) is 24.2 Å². The van der Waals surface area contributed by atoms with Crippen LogP contribution in [0.15, 0.2) is 22.1 Å². The highest BCUT2D eigenvalue weighted by Gasteiger charge is 2.15. The lowest BCUT2D eigenvalue weighted by molar-refractivity contribution is 0.453. The average Bonchev–Trinajstić information content (AvgIpc) is 2.74. The van der Waals surface area contributed by atoms with Crippen LogP contribution in [0.25, 0.3) is 0 Å². The fraction of sp³-hybridized carbons (Fsp3) is 0.625. The van der Waals surface area contributed by atoms with Gasteiger partial charge in [-0.05, 0) is 25.4 Å². The monoisotopic (exact) mass is 184 g/mol. The van der Waals surface area contributed by atoms with Gasteiger partial charge < -0.3 is 9.73 Å². The van der Waals surface area contributed by atoms with Crippen LogP contribution in [0.5, 0.6) is 0 Å². The third kappa shape index (κ3) is 2.01. The number of thioether (sulfide) groups is 1. The molecule has 0 amide bonds. The van der Waals surface area contributed by atoms with Crippen molar-refractivity contribution >= 4 is 11.8 Å². The van der Waals surface area contributed by atoms with Crippen molar-refractivity contribution < 1.29 is 4.42 Å². The van der Waals surface area contributed by atoms with Crippen LogP contribution in [-0.2, 0) is 0 Å². The highest BCUT2D eigenvalue weighted by molar-refractivity contribution is 7.99. The third-order valence-electron chi connectivity index (χ3n) is 2.01. The lowest BCUT2D eigenvalue weighted by Crippen LogP contribution is -2.10. The van der Waals surface area contributed by atoms with Gasteiger partial charge in [0.05, 0.1) is 6.20 Å². The molecule has 1 aliphatic heterocycles. The fourth-order valence-electron chi connectivity index (χ4n) is 1.33. The molecule has 1 N–H and O–H groups in total. The van der Waals surface area contributed by atoms with Gasteiger partial charge in [0.15, 0.2) is 0 Å². The summed E-state index contributed by atoms with van der Waals surface area (Å²) in [6, 6.07) is 0. The van der Waals surface area contributed by atoms with Crippen molar-refractivity contribution in [3.63, 3.8) is 0 Å². The second kappa shape index (κ2) is 3.96. The van der Waals surface area contributed by atoms with Gasteiger partial charge in [-0.15, -0.1) is 0 Å². The van der Waals surface area contributed by atoms with E-state index in [4.69, 9.17) is 4.42 Å². The number of nitrogens with one attached hydrogen (secondary N) is 1. The Morgan fingerprint density at radius 1 is 1.75 bits per heavy atom. The normalized spacial score (nSPS) is 23.2. The van der Waals surface area contributed by atoms with E-state index in [0.29, 0.717) is 0 Å². The first-order valence-corrected chi connectivity index (χ1v) is 5.17. The highest BCUT2D eigenvalue weighted by Crippen LogP contribution is 2.21. The van der Waals surface area contributed by atoms with E-state index < -0.39 is 0 Å². The summed E-state index contributed by atoms with van der Waals surface area (Å²) in [5, 5.41) is 4.13. The number of hydrogen-bond acceptors (Lipinski definition) is 4. The topological polar surface area (TPSA) is 38.1 Å². The molecule has 0 bridgehead atoms. The van der Waals surface area contributed by atoms with E-state index in [1.165, 1.54) is 6.42 Å². The summed E-state index contributed by atoms with van der Waals surface area (Å²) in [5.41, 5.74) is 0. The van der Waals surface area contributed by atoms with Crippen LogP contribution < -0.4 is 5.32 Å². The van der Waals surface area contributed by atoms with Crippen LogP contribution in [0.2, 0.25) is 0 Å². The molecule has 1 fully saturated rings. The summed E-state index contributed by atoms with van der Waals surface area (Å²) in [5.74, 6) is 1.91. The number of rotatable bonds is 3. The molecule has 0 radical (unpaired) electrons. The summed E-state index contributed by atoms with van der Waals surface area (Å²) in [6.07, 6.45) is 4.60. The van der Waals surface area contributed by atoms with E-state index in [0.717, 1.165) is 30.0 Å². The maximum Gasteiger partial charge on any atom is 0.255 e. The molecule has 1 aromatic heterocycles. The SMILES string of the molecule is c1coc(SCC2CCNC2)n1. The zero-order chi connectivity index (χ0) is 8.23. The highest BCUT2D eigenvalue weighted by atomic mass is 32.2. The quantitative estimate of drug-likeness (QED) is 0.720. The molecule has 0 aliphatic carbocycles. The molecule has 1 unspecified atom stereocenters. The Kier molecular flexibility index (Phi) is 2.68. The zero-order valence-corrected chi connectivity index (χ0v) is 7.64. The van der Waals surface area contributed by atoms with E-state index in [-0.39, 0.29) is 0 Å². The second-order valence-electron chi connectivity index (χ2n) is 2.97. The Bertz CT molecular complexity index is 219. The van der Waals surface area contributed by atoms with E-state index in [2.05, 4.69) is 10.3 Å². The molecule has 2 rings (SSSR count). The summed E-state index contributed by atoms with van der Waals surface area (Å²) in [4.78, 5) is 4.05. The van der Waals surface area contributed by atoms with Crippen molar-refractivity contribution in [3.8, 4) is 0 Å². The minimum Gasteiger partial charge on any atom is -0.440 e. The van der Waals surface area contributed by atoms with Crippen molar-refractivity contribution in [1.29, 1.82) is 0 Å². The molecule has 0 aromatic carbocycles. The number of aromatic nitrogens is 1. The van der Waals surface area contributed by atoms with Gasteiger partial charge in [0.2, 0.25) is 0 Å². The van der Waals surface area contributed by atoms with Gasteiger partial charge in [-0.3, -0.25) is 0 Å². The second-order valence-corrected chi connectivity index (χ2v) is 3.94. The van der Waals surface area contributed by atoms with Crippen LogP contribution >= 0.6 is 11.8 Å². The van der Waals surface area contributed by atoms with Crippen molar-refractivity contribution in [1.82, 2.24) is 10.3 Å². The summed E-state index contributed by atoms with van der Waals surface area (Å²) in [6.45, 7) is 2.31. The van der Waals surface area contributed by atoms with Crippen LogP contribution in [0.1, 0.15) is 6.42 Å². The predicted octanol–water partition coefficient (Wildman–Crippen LogP) is 1.38. The molecule has 1 saturated heterocycles. The largest absolute Gasteiger partial charge is 0.440 e. The van der Waals surface area contributed by atoms with Gasteiger partial charge in [-0.2, -0.15) is 0 Å². The third-order valence-corrected chi connectivity index (χ3v) is 3.10. The Morgan fingerprint density at radius 3 is 3.42 bits per heavy atom. The molecule has 3 nitrogen and oxygen atoms in total. The fourth-order valence-corrected chi connectivity index (χ4v) is 2.25. The molecule has 1 aromatic rings. The van der Waals surface area contributed by atoms with Crippen LogP contribution in [0.4, 0.5) is 0 Å². The average molecular weight is 184 g/mol. The molecular formula is C8H12N2OS. The Hall–Kier alpha value is -0.480. The van der Waals surface area contributed by atoms with Gasteiger partial charge in [0.25, 0.3) is 5.22 Å². The molecule has 4 heteroatoms. The summed E-state index contributed by atoms with van der Waals surface area (Å²) in [7, 11) is 0. The lowest BCUT2D eigenvalue weighted by Gasteiger charge is -2.03. The van der Waals surface area contributed by atoms with E-state index >= 15 is 0 Å². The number of nitrogens with zero attached hydrogens (tertiary/aromatic N) is 1. The predicted molar refractivity (Wildman–Crippen MR) is 48.2 cm³/mol. The Balaban J connectivity index is 1.74. The van der Waals surface area contributed by atoms with Gasteiger partial charge >= 0.3 is 0 Å². The molecule has 66 valence electrons. The minimum absolute atomic E-state index is 0.793. The molecule has 1 aliphatic rings. The van der Waals surface area contributed by atoms with Gasteiger partial charge in [-0.1, -0.05) is 11.8 Å². The van der Waals surface area contributed by atoms with Crippen molar-refractivity contribution in [2.24, 2.45) is 5.92 Å². The molecular weight excluding hydrogens is 172 g/mol. The Morgan fingerprint density at radius 2 is 2.75 bits per heavy atom. The van der Waals surface area contributed by atoms with E-state index in [1.807, 2.05) is 0 Å². The van der Waals surface area contributed by atoms with Gasteiger partial charge in [0, 0.05) is 5.75 Å². The van der Waals surface area contributed by atoms with E-state index in [9.17, 15) is 0 Å². The van der Waals surface area contributed by atoms with Crippen LogP contribution in [-0.4, -0.2) is 23.8 Å². The first-order valence-electron chi connectivity index (χ1n) is 4.18. The molecule has 0 spiro atoms. The van der Waals surface area contributed by atoms with Crippen LogP contribution in [0, 0.1) is 5.92 Å². The smallest absolute Gasteiger partial charge is 0.255 e. The van der Waals surface area contributed by atoms with Gasteiger partial charge in [0.1, 0.15) is 6.26 Å². The molecule has 0 saturated carbocycles. The zero-order valence-electron chi connectivity index (χ0n) is 6.82. The summed E-state index contributed by atoms with van der Waals surface area (Å²) >= 11 is 1.71. The summed E-state index contributed by atoms with van der Waals surface area (Å²) < 4.78 is 5.12. The minimum atomic E-state index is 0.793. The van der Waals surface area contributed by atoms with Crippen molar-refractivity contribution in [2.75, 3.05) is 18.8 Å². The lowest BCUT2D eigenvalue weighted by atomic mass is 10.2. The van der Waals surface area contributed by atoms with Crippen molar-refractivity contribution in [3.05, 3.63) is 12.5 Å². The maximum atomic E-state index is 5.12. The van der Waals surface area contributed by atoms with Gasteiger partial charge in [-0.25, -0.2) is 4.98 Å². The number of hydrogen-bond donors (Lipinski definition) is 1. The maximum absolute atomic E-state index is 5.12.